The third-order valence-corrected chi connectivity index (χ3v) is 8.97. The first-order valence-corrected chi connectivity index (χ1v) is 18.7. The fourth-order valence-electron chi connectivity index (χ4n) is 6.78. The molecule has 5 rings (SSSR count). The Morgan fingerprint density at radius 2 is 1.34 bits per heavy atom. The second-order valence-electron chi connectivity index (χ2n) is 14.8. The van der Waals surface area contributed by atoms with Gasteiger partial charge in [-0.25, -0.2) is 9.48 Å². The topological polar surface area (TPSA) is 239 Å². The van der Waals surface area contributed by atoms with Crippen molar-refractivity contribution >= 4 is 41.8 Å². The van der Waals surface area contributed by atoms with Gasteiger partial charge in [0.15, 0.2) is 24.5 Å². The van der Waals surface area contributed by atoms with Gasteiger partial charge in [0, 0.05) is 33.6 Å². The van der Waals surface area contributed by atoms with Crippen LogP contribution in [0.3, 0.4) is 0 Å². The summed E-state index contributed by atoms with van der Waals surface area (Å²) in [5.41, 5.74) is 3.29. The van der Waals surface area contributed by atoms with Crippen molar-refractivity contribution in [1.82, 2.24) is 25.6 Å². The molecule has 1 aliphatic heterocycles. The van der Waals surface area contributed by atoms with Crippen molar-refractivity contribution in [2.45, 2.75) is 110 Å². The van der Waals surface area contributed by atoms with Gasteiger partial charge in [0.1, 0.15) is 36.7 Å². The fraction of sp³-hybridized carbons (Fsp3) is 0.475. The first-order valence-electron chi connectivity index (χ1n) is 18.7. The molecule has 0 spiro atoms. The molecule has 1 aromatic heterocycles. The lowest BCUT2D eigenvalue weighted by Gasteiger charge is -2.44. The Labute approximate surface area is 339 Å². The van der Waals surface area contributed by atoms with Crippen LogP contribution in [0.1, 0.15) is 83.9 Å². The van der Waals surface area contributed by atoms with Gasteiger partial charge in [-0.05, 0) is 43.0 Å². The average molecular weight is 822 g/mol. The van der Waals surface area contributed by atoms with Gasteiger partial charge >= 0.3 is 35.9 Å². The molecule has 19 heteroatoms. The number of fused-ring (bicyclic) bond motifs is 3. The van der Waals surface area contributed by atoms with E-state index in [9.17, 15) is 33.6 Å². The second kappa shape index (κ2) is 18.9. The van der Waals surface area contributed by atoms with E-state index in [1.54, 1.807) is 20.8 Å². The summed E-state index contributed by atoms with van der Waals surface area (Å²) in [5, 5.41) is 13.2. The number of esters is 5. The third-order valence-electron chi connectivity index (χ3n) is 8.97. The molecule has 2 aliphatic rings. The Bertz CT molecular complexity index is 2020. The Morgan fingerprint density at radius 1 is 0.763 bits per heavy atom. The highest BCUT2D eigenvalue weighted by Crippen LogP contribution is 2.44. The number of nitrogens with zero attached hydrogens (tertiary/aromatic N) is 3. The molecule has 0 bridgehead atoms. The molecular weight excluding hydrogens is 774 g/mol. The van der Waals surface area contributed by atoms with Gasteiger partial charge in [0.05, 0.1) is 19.2 Å². The van der Waals surface area contributed by atoms with E-state index in [4.69, 9.17) is 33.2 Å². The molecule has 1 fully saturated rings. The fourth-order valence-corrected chi connectivity index (χ4v) is 6.78. The van der Waals surface area contributed by atoms with Gasteiger partial charge in [-0.1, -0.05) is 53.7 Å². The van der Waals surface area contributed by atoms with Crippen LogP contribution in [0.4, 0.5) is 4.79 Å². The van der Waals surface area contributed by atoms with E-state index in [1.807, 2.05) is 48.5 Å². The summed E-state index contributed by atoms with van der Waals surface area (Å²) in [7, 11) is 0. The molecule has 0 saturated carbocycles. The zero-order valence-electron chi connectivity index (χ0n) is 33.6. The number of carbonyl (C=O) groups excluding carboxylic acids is 7. The maximum absolute atomic E-state index is 13.6. The number of rotatable bonds is 14. The van der Waals surface area contributed by atoms with Gasteiger partial charge in [-0.3, -0.25) is 28.8 Å². The van der Waals surface area contributed by atoms with E-state index < -0.39 is 97.2 Å². The number of alkyl carbamates (subject to hydrolysis) is 1. The number of amides is 2. The minimum Gasteiger partial charge on any atom is -0.463 e. The molecule has 1 saturated heterocycles. The van der Waals surface area contributed by atoms with E-state index in [-0.39, 0.29) is 24.8 Å². The highest BCUT2D eigenvalue weighted by molar-refractivity contribution is 5.89. The molecule has 2 aromatic carbocycles. The lowest BCUT2D eigenvalue weighted by molar-refractivity contribution is -0.270. The number of hydrogen-bond donors (Lipinski definition) is 2. The molecule has 0 radical (unpaired) electrons. The Balaban J connectivity index is 1.31. The third kappa shape index (κ3) is 11.6. The van der Waals surface area contributed by atoms with E-state index in [2.05, 4.69) is 20.9 Å². The smallest absolute Gasteiger partial charge is 0.407 e. The Kier molecular flexibility index (Phi) is 14.0. The summed E-state index contributed by atoms with van der Waals surface area (Å²) in [6.07, 6.45) is -7.08. The average Bonchev–Trinajstić information content (AvgIpc) is 3.75. The number of hydrogen-bond acceptors (Lipinski definition) is 16. The monoisotopic (exact) mass is 821 g/mol. The van der Waals surface area contributed by atoms with Crippen LogP contribution in [-0.2, 0) is 68.5 Å². The lowest BCUT2D eigenvalue weighted by Crippen LogP contribution is -2.60. The number of aromatic nitrogens is 3. The molecule has 3 unspecified atom stereocenters. The molecule has 2 amide bonds. The van der Waals surface area contributed by atoms with Gasteiger partial charge in [0.2, 0.25) is 5.91 Å². The van der Waals surface area contributed by atoms with Crippen LogP contribution >= 0.6 is 0 Å². The number of nitrogens with one attached hydrogen (secondary N) is 2. The second-order valence-corrected chi connectivity index (χ2v) is 14.8. The highest BCUT2D eigenvalue weighted by Gasteiger charge is 2.53. The number of ether oxygens (including phenoxy) is 7. The first-order chi connectivity index (χ1) is 27.9. The van der Waals surface area contributed by atoms with Crippen LogP contribution in [0.25, 0.3) is 11.1 Å². The van der Waals surface area contributed by atoms with Crippen molar-refractivity contribution in [3.05, 3.63) is 71.5 Å². The van der Waals surface area contributed by atoms with Crippen molar-refractivity contribution in [2.24, 2.45) is 0 Å². The largest absolute Gasteiger partial charge is 0.463 e. The van der Waals surface area contributed by atoms with E-state index >= 15 is 0 Å². The number of benzene rings is 2. The predicted molar refractivity (Wildman–Crippen MR) is 202 cm³/mol. The van der Waals surface area contributed by atoms with Crippen LogP contribution in [-0.4, -0.2) is 106 Å². The molecule has 59 heavy (non-hydrogen) atoms. The standard InChI is InChI=1S/C40H47N5O14/c1-21(46)53-20-32-34(55-22(2)47)35(56-23(3)48)36(57-24(4)49)38(58-32)45-18-25(43-44-45)17-41-37(51)31(16-33(50)59-40(5,6)7)42-39(52)54-19-30-28-14-10-8-12-26(28)27-13-9-11-15-29(27)30/h8-15,18,30-32,34-36,38H,16-17,19-20H2,1-7H3,(H,41,51)(H,42,52)/t31-,32?,34+,35?,36?,38+/m0/s1. The van der Waals surface area contributed by atoms with Gasteiger partial charge in [0.25, 0.3) is 0 Å². The molecule has 6 atom stereocenters. The van der Waals surface area contributed by atoms with Gasteiger partial charge in [-0.2, -0.15) is 0 Å². The summed E-state index contributed by atoms with van der Waals surface area (Å²) >= 11 is 0. The minimum atomic E-state index is -1.46. The van der Waals surface area contributed by atoms with Crippen molar-refractivity contribution in [2.75, 3.05) is 13.2 Å². The highest BCUT2D eigenvalue weighted by atomic mass is 16.7. The maximum atomic E-state index is 13.6. The SMILES string of the molecule is CC(=O)OCC1O[C@@H](n2cc(CNC(=O)[C@H](CC(=O)OC(C)(C)C)NC(=O)OCC3c4ccccc4-c4ccccc43)nn2)C(OC(C)=O)C(OC(C)=O)[C@@H]1OC(C)=O. The zero-order valence-corrected chi connectivity index (χ0v) is 33.6. The molecule has 2 N–H and O–H groups in total. The summed E-state index contributed by atoms with van der Waals surface area (Å²) in [4.78, 5) is 88.0. The van der Waals surface area contributed by atoms with Crippen LogP contribution in [0.5, 0.6) is 0 Å². The van der Waals surface area contributed by atoms with E-state index in [1.165, 1.54) is 6.20 Å². The summed E-state index contributed by atoms with van der Waals surface area (Å²) in [6, 6.07) is 14.2. The quantitative estimate of drug-likeness (QED) is 0.176. The van der Waals surface area contributed by atoms with Crippen molar-refractivity contribution in [3.63, 3.8) is 0 Å². The molecule has 3 aromatic rings. The minimum absolute atomic E-state index is 0.0387. The van der Waals surface area contributed by atoms with Crippen LogP contribution in [0, 0.1) is 0 Å². The van der Waals surface area contributed by atoms with Crippen molar-refractivity contribution < 1.29 is 66.7 Å². The van der Waals surface area contributed by atoms with Crippen molar-refractivity contribution in [3.8, 4) is 11.1 Å². The van der Waals surface area contributed by atoms with Crippen LogP contribution in [0.2, 0.25) is 0 Å². The predicted octanol–water partition coefficient (Wildman–Crippen LogP) is 2.79. The van der Waals surface area contributed by atoms with E-state index in [0.717, 1.165) is 54.6 Å². The summed E-state index contributed by atoms with van der Waals surface area (Å²) < 4.78 is 39.8. The molecule has 2 heterocycles. The van der Waals surface area contributed by atoms with Gasteiger partial charge in [-0.15, -0.1) is 5.10 Å². The zero-order chi connectivity index (χ0) is 43.0. The molecule has 316 valence electrons. The Morgan fingerprint density at radius 3 is 1.92 bits per heavy atom. The first kappa shape index (κ1) is 43.7. The maximum Gasteiger partial charge on any atom is 0.407 e. The normalized spacial score (nSPS) is 20.2. The van der Waals surface area contributed by atoms with Gasteiger partial charge < -0.3 is 43.8 Å². The van der Waals surface area contributed by atoms with Crippen molar-refractivity contribution in [1.29, 1.82) is 0 Å². The molecule has 19 nitrogen and oxygen atoms in total. The summed E-state index contributed by atoms with van der Waals surface area (Å²) in [6.45, 7) is 8.64. The Hall–Kier alpha value is -6.37. The van der Waals surface area contributed by atoms with E-state index in [0.29, 0.717) is 0 Å². The van der Waals surface area contributed by atoms with Crippen LogP contribution < -0.4 is 10.6 Å². The van der Waals surface area contributed by atoms with Crippen LogP contribution in [0.15, 0.2) is 54.7 Å². The molecule has 1 aliphatic carbocycles. The number of carbonyl (C=O) groups is 7. The molecular formula is C40H47N5O14. The summed E-state index contributed by atoms with van der Waals surface area (Å²) in [5.74, 6) is -4.90. The lowest BCUT2D eigenvalue weighted by atomic mass is 9.97.